The SMILES string of the molecule is CC1CC2(CN=C(N3CCc4ccccc4[C@@H]3c3ccc(F)cc3)O2)C1. The van der Waals surface area contributed by atoms with Gasteiger partial charge in [0.05, 0.1) is 12.6 Å². The summed E-state index contributed by atoms with van der Waals surface area (Å²) in [6.45, 7) is 3.90. The molecule has 0 saturated heterocycles. The van der Waals surface area contributed by atoms with Crippen LogP contribution in [-0.4, -0.2) is 29.6 Å². The summed E-state index contributed by atoms with van der Waals surface area (Å²) in [6, 6.07) is 16.1. The molecule has 0 amide bonds. The second kappa shape index (κ2) is 5.83. The molecule has 0 radical (unpaired) electrons. The molecule has 5 rings (SSSR count). The summed E-state index contributed by atoms with van der Waals surface area (Å²) in [4.78, 5) is 7.05. The van der Waals surface area contributed by atoms with Gasteiger partial charge < -0.3 is 9.64 Å². The molecule has 2 aromatic carbocycles. The van der Waals surface area contributed by atoms with E-state index in [0.717, 1.165) is 49.9 Å². The van der Waals surface area contributed by atoms with Crippen molar-refractivity contribution in [3.63, 3.8) is 0 Å². The van der Waals surface area contributed by atoms with Crippen molar-refractivity contribution in [2.45, 2.75) is 37.8 Å². The lowest BCUT2D eigenvalue weighted by Crippen LogP contribution is -2.49. The van der Waals surface area contributed by atoms with Gasteiger partial charge in [-0.3, -0.25) is 0 Å². The molecule has 1 spiro atoms. The Labute approximate surface area is 153 Å². The predicted octanol–water partition coefficient (Wildman–Crippen LogP) is 4.33. The highest BCUT2D eigenvalue weighted by Gasteiger charge is 2.49. The number of hydrogen-bond donors (Lipinski definition) is 0. The van der Waals surface area contributed by atoms with E-state index in [-0.39, 0.29) is 17.5 Å². The van der Waals surface area contributed by atoms with Gasteiger partial charge >= 0.3 is 0 Å². The number of fused-ring (bicyclic) bond motifs is 1. The molecule has 3 nitrogen and oxygen atoms in total. The zero-order valence-electron chi connectivity index (χ0n) is 15.0. The van der Waals surface area contributed by atoms with E-state index in [4.69, 9.17) is 9.73 Å². The molecule has 0 bridgehead atoms. The first kappa shape index (κ1) is 15.9. The third kappa shape index (κ3) is 2.51. The third-order valence-electron chi connectivity index (χ3n) is 5.97. The summed E-state index contributed by atoms with van der Waals surface area (Å²) in [5.74, 6) is 0.515. The number of ether oxygens (including phenoxy) is 1. The zero-order chi connectivity index (χ0) is 17.7. The fourth-order valence-electron chi connectivity index (χ4n) is 4.82. The van der Waals surface area contributed by atoms with Gasteiger partial charge in [-0.2, -0.15) is 0 Å². The van der Waals surface area contributed by atoms with Crippen LogP contribution >= 0.6 is 0 Å². The smallest absolute Gasteiger partial charge is 0.288 e. The molecular formula is C22H23FN2O. The number of nitrogens with zero attached hydrogens (tertiary/aromatic N) is 2. The molecule has 3 aliphatic rings. The minimum Gasteiger partial charge on any atom is -0.457 e. The summed E-state index contributed by atoms with van der Waals surface area (Å²) in [7, 11) is 0. The Kier molecular flexibility index (Phi) is 3.56. The van der Waals surface area contributed by atoms with E-state index in [9.17, 15) is 4.39 Å². The third-order valence-corrected chi connectivity index (χ3v) is 5.97. The van der Waals surface area contributed by atoms with Crippen LogP contribution in [0, 0.1) is 11.7 Å². The quantitative estimate of drug-likeness (QED) is 0.765. The van der Waals surface area contributed by atoms with E-state index in [1.165, 1.54) is 23.3 Å². The van der Waals surface area contributed by atoms with Gasteiger partial charge in [-0.1, -0.05) is 43.3 Å². The number of rotatable bonds is 1. The van der Waals surface area contributed by atoms with E-state index in [2.05, 4.69) is 36.1 Å². The largest absolute Gasteiger partial charge is 0.457 e. The maximum Gasteiger partial charge on any atom is 0.288 e. The monoisotopic (exact) mass is 350 g/mol. The van der Waals surface area contributed by atoms with Crippen LogP contribution < -0.4 is 0 Å². The number of halogens is 1. The van der Waals surface area contributed by atoms with Crippen molar-refractivity contribution in [3.8, 4) is 0 Å². The summed E-state index contributed by atoms with van der Waals surface area (Å²) in [6.07, 6.45) is 3.15. The highest BCUT2D eigenvalue weighted by Crippen LogP contribution is 2.45. The van der Waals surface area contributed by atoms with Crippen LogP contribution in [0.2, 0.25) is 0 Å². The molecule has 1 aliphatic carbocycles. The maximum absolute atomic E-state index is 13.5. The van der Waals surface area contributed by atoms with Crippen molar-refractivity contribution in [1.82, 2.24) is 4.90 Å². The average molecular weight is 350 g/mol. The molecule has 26 heavy (non-hydrogen) atoms. The van der Waals surface area contributed by atoms with Crippen LogP contribution in [0.1, 0.15) is 42.5 Å². The van der Waals surface area contributed by atoms with Crippen molar-refractivity contribution >= 4 is 6.02 Å². The predicted molar refractivity (Wildman–Crippen MR) is 99.6 cm³/mol. The normalized spacial score (nSPS) is 29.8. The molecule has 2 heterocycles. The molecule has 0 aromatic heterocycles. The van der Waals surface area contributed by atoms with E-state index in [0.29, 0.717) is 0 Å². The van der Waals surface area contributed by atoms with Gasteiger partial charge in [0, 0.05) is 6.54 Å². The lowest BCUT2D eigenvalue weighted by atomic mass is 9.72. The number of aliphatic imine (C=N–C) groups is 1. The molecule has 1 atom stereocenters. The van der Waals surface area contributed by atoms with Gasteiger partial charge in [0.1, 0.15) is 11.4 Å². The number of amidine groups is 1. The minimum atomic E-state index is -0.207. The van der Waals surface area contributed by atoms with Crippen molar-refractivity contribution in [3.05, 3.63) is 71.0 Å². The highest BCUT2D eigenvalue weighted by atomic mass is 19.1. The van der Waals surface area contributed by atoms with Gasteiger partial charge in [0.2, 0.25) is 0 Å². The van der Waals surface area contributed by atoms with Crippen molar-refractivity contribution in [2.75, 3.05) is 13.1 Å². The van der Waals surface area contributed by atoms with Crippen LogP contribution in [0.15, 0.2) is 53.5 Å². The second-order valence-corrected chi connectivity index (χ2v) is 7.99. The lowest BCUT2D eigenvalue weighted by Gasteiger charge is -2.44. The zero-order valence-corrected chi connectivity index (χ0v) is 15.0. The fourth-order valence-corrected chi connectivity index (χ4v) is 4.82. The van der Waals surface area contributed by atoms with Crippen LogP contribution in [-0.2, 0) is 11.2 Å². The number of hydrogen-bond acceptors (Lipinski definition) is 3. The molecule has 1 saturated carbocycles. The van der Waals surface area contributed by atoms with E-state index < -0.39 is 0 Å². The molecule has 2 aliphatic heterocycles. The Morgan fingerprint density at radius 3 is 2.65 bits per heavy atom. The first-order valence-corrected chi connectivity index (χ1v) is 9.47. The molecule has 0 N–H and O–H groups in total. The van der Waals surface area contributed by atoms with E-state index >= 15 is 0 Å². The molecule has 0 unspecified atom stereocenters. The lowest BCUT2D eigenvalue weighted by molar-refractivity contribution is -0.0408. The fraction of sp³-hybridized carbons (Fsp3) is 0.409. The Morgan fingerprint density at radius 1 is 1.12 bits per heavy atom. The maximum atomic E-state index is 13.5. The Morgan fingerprint density at radius 2 is 1.88 bits per heavy atom. The van der Waals surface area contributed by atoms with Crippen LogP contribution in [0.3, 0.4) is 0 Å². The molecule has 1 fully saturated rings. The van der Waals surface area contributed by atoms with E-state index in [1.807, 2.05) is 12.1 Å². The van der Waals surface area contributed by atoms with Crippen LogP contribution in [0.4, 0.5) is 4.39 Å². The van der Waals surface area contributed by atoms with Gasteiger partial charge in [0.25, 0.3) is 6.02 Å². The molecular weight excluding hydrogens is 327 g/mol. The Bertz CT molecular complexity index is 855. The van der Waals surface area contributed by atoms with Gasteiger partial charge in [-0.25, -0.2) is 9.38 Å². The molecule has 2 aromatic rings. The topological polar surface area (TPSA) is 24.8 Å². The van der Waals surface area contributed by atoms with Crippen LogP contribution in [0.25, 0.3) is 0 Å². The first-order chi connectivity index (χ1) is 12.6. The summed E-state index contributed by atoms with van der Waals surface area (Å²) >= 11 is 0. The second-order valence-electron chi connectivity index (χ2n) is 7.99. The number of benzene rings is 2. The standard InChI is InChI=1S/C22H23FN2O/c1-15-12-22(13-15)14-24-21(26-22)25-11-10-16-4-2-3-5-19(16)20(25)17-6-8-18(23)9-7-17/h2-9,15,20H,10-14H2,1H3/t15?,20-,22?/m0/s1. The Hall–Kier alpha value is -2.36. The van der Waals surface area contributed by atoms with Crippen LogP contribution in [0.5, 0.6) is 0 Å². The van der Waals surface area contributed by atoms with Crippen molar-refractivity contribution in [1.29, 1.82) is 0 Å². The van der Waals surface area contributed by atoms with Gasteiger partial charge in [-0.05, 0) is 54.0 Å². The first-order valence-electron chi connectivity index (χ1n) is 9.47. The van der Waals surface area contributed by atoms with Gasteiger partial charge in [-0.15, -0.1) is 0 Å². The average Bonchev–Trinajstić information content (AvgIpc) is 3.06. The summed E-state index contributed by atoms with van der Waals surface area (Å²) in [5.41, 5.74) is 3.62. The molecule has 134 valence electrons. The van der Waals surface area contributed by atoms with Crippen molar-refractivity contribution in [2.24, 2.45) is 10.9 Å². The van der Waals surface area contributed by atoms with Gasteiger partial charge in [0.15, 0.2) is 0 Å². The minimum absolute atomic E-state index is 0.0203. The highest BCUT2D eigenvalue weighted by molar-refractivity contribution is 5.78. The van der Waals surface area contributed by atoms with Crippen molar-refractivity contribution < 1.29 is 9.13 Å². The molecule has 4 heteroatoms. The van der Waals surface area contributed by atoms with E-state index in [1.54, 1.807) is 0 Å². The Balaban J connectivity index is 1.51. The summed E-state index contributed by atoms with van der Waals surface area (Å²) in [5, 5.41) is 0. The summed E-state index contributed by atoms with van der Waals surface area (Å²) < 4.78 is 19.9.